The van der Waals surface area contributed by atoms with Crippen molar-refractivity contribution in [3.8, 4) is 17.3 Å². The van der Waals surface area contributed by atoms with E-state index < -0.39 is 0 Å². The Labute approximate surface area is 112 Å². The molecule has 2 heterocycles. The summed E-state index contributed by atoms with van der Waals surface area (Å²) < 4.78 is 5.45. The number of aromatic nitrogens is 2. The Hall–Kier alpha value is -1.94. The van der Waals surface area contributed by atoms with E-state index in [0.717, 1.165) is 48.6 Å². The van der Waals surface area contributed by atoms with Crippen molar-refractivity contribution >= 4 is 0 Å². The molecular formula is C15H17N3O. The van der Waals surface area contributed by atoms with Crippen LogP contribution in [0.25, 0.3) is 11.4 Å². The fourth-order valence-electron chi connectivity index (χ4n) is 2.40. The Bertz CT molecular complexity index is 569. The topological polar surface area (TPSA) is 47.0 Å². The smallest absolute Gasteiger partial charge is 0.220 e. The average Bonchev–Trinajstić information content (AvgIpc) is 2.72. The van der Waals surface area contributed by atoms with Crippen LogP contribution in [0.3, 0.4) is 0 Å². The second-order valence-electron chi connectivity index (χ2n) is 4.60. The highest BCUT2D eigenvalue weighted by atomic mass is 16.5. The first kappa shape index (κ1) is 12.1. The van der Waals surface area contributed by atoms with Crippen molar-refractivity contribution in [1.82, 2.24) is 15.3 Å². The molecule has 2 aromatic rings. The first-order valence-corrected chi connectivity index (χ1v) is 6.58. The van der Waals surface area contributed by atoms with Crippen LogP contribution < -0.4 is 10.1 Å². The zero-order valence-electron chi connectivity index (χ0n) is 11.0. The van der Waals surface area contributed by atoms with Crippen LogP contribution in [0, 0.1) is 0 Å². The van der Waals surface area contributed by atoms with Gasteiger partial charge in [0, 0.05) is 24.1 Å². The molecule has 0 unspecified atom stereocenters. The van der Waals surface area contributed by atoms with Gasteiger partial charge in [0.05, 0.1) is 12.8 Å². The molecule has 98 valence electrons. The van der Waals surface area contributed by atoms with Crippen molar-refractivity contribution in [2.75, 3.05) is 20.2 Å². The van der Waals surface area contributed by atoms with Gasteiger partial charge in [0.15, 0.2) is 5.82 Å². The maximum atomic E-state index is 5.45. The number of benzene rings is 1. The van der Waals surface area contributed by atoms with E-state index in [-0.39, 0.29) is 0 Å². The van der Waals surface area contributed by atoms with E-state index in [1.165, 1.54) is 0 Å². The van der Waals surface area contributed by atoms with Crippen molar-refractivity contribution in [3.05, 3.63) is 41.6 Å². The van der Waals surface area contributed by atoms with E-state index in [2.05, 4.69) is 10.3 Å². The average molecular weight is 255 g/mol. The summed E-state index contributed by atoms with van der Waals surface area (Å²) in [7, 11) is 1.68. The van der Waals surface area contributed by atoms with Crippen LogP contribution in [-0.4, -0.2) is 30.2 Å². The molecule has 1 aromatic carbocycles. The molecule has 0 spiro atoms. The van der Waals surface area contributed by atoms with Gasteiger partial charge in [-0.15, -0.1) is 0 Å². The minimum absolute atomic E-state index is 0.715. The first-order valence-electron chi connectivity index (χ1n) is 6.58. The Morgan fingerprint density at radius 2 is 1.84 bits per heavy atom. The molecule has 1 aliphatic rings. The number of nitrogens with zero attached hydrogens (tertiary/aromatic N) is 2. The zero-order valence-corrected chi connectivity index (χ0v) is 11.0. The van der Waals surface area contributed by atoms with E-state index in [4.69, 9.17) is 9.72 Å². The maximum absolute atomic E-state index is 5.45. The van der Waals surface area contributed by atoms with Crippen LogP contribution in [0.15, 0.2) is 30.3 Å². The molecule has 19 heavy (non-hydrogen) atoms. The van der Waals surface area contributed by atoms with Gasteiger partial charge in [-0.25, -0.2) is 4.98 Å². The van der Waals surface area contributed by atoms with Gasteiger partial charge in [0.1, 0.15) is 0 Å². The number of nitrogens with one attached hydrogen (secondary N) is 1. The fourth-order valence-corrected chi connectivity index (χ4v) is 2.40. The summed E-state index contributed by atoms with van der Waals surface area (Å²) in [6.07, 6.45) is 1.85. The second kappa shape index (κ2) is 5.36. The molecular weight excluding hydrogens is 238 g/mol. The number of hydrogen-bond donors (Lipinski definition) is 1. The molecule has 0 saturated heterocycles. The second-order valence-corrected chi connectivity index (χ2v) is 4.60. The zero-order chi connectivity index (χ0) is 13.1. The molecule has 1 N–H and O–H groups in total. The van der Waals surface area contributed by atoms with Gasteiger partial charge in [0.2, 0.25) is 5.88 Å². The van der Waals surface area contributed by atoms with E-state index in [1.807, 2.05) is 30.3 Å². The molecule has 0 atom stereocenters. The molecule has 1 aliphatic heterocycles. The molecule has 0 radical (unpaired) electrons. The maximum Gasteiger partial charge on any atom is 0.220 e. The third-order valence-corrected chi connectivity index (χ3v) is 3.37. The monoisotopic (exact) mass is 255 g/mol. The SMILES string of the molecule is COc1nc(-c2ccccc2)nc2c1CCNCC2. The molecule has 0 fully saturated rings. The quantitative estimate of drug-likeness (QED) is 0.889. The molecule has 0 aliphatic carbocycles. The summed E-state index contributed by atoms with van der Waals surface area (Å²) in [5, 5.41) is 3.38. The van der Waals surface area contributed by atoms with Crippen molar-refractivity contribution in [2.45, 2.75) is 12.8 Å². The third kappa shape index (κ3) is 2.44. The minimum atomic E-state index is 0.715. The lowest BCUT2D eigenvalue weighted by Gasteiger charge is -2.11. The highest BCUT2D eigenvalue weighted by molar-refractivity contribution is 5.56. The lowest BCUT2D eigenvalue weighted by atomic mass is 10.1. The first-order chi connectivity index (χ1) is 9.38. The molecule has 4 heteroatoms. The predicted octanol–water partition coefficient (Wildman–Crippen LogP) is 1.84. The van der Waals surface area contributed by atoms with Gasteiger partial charge < -0.3 is 10.1 Å². The summed E-state index contributed by atoms with van der Waals surface area (Å²) in [5.74, 6) is 1.46. The van der Waals surface area contributed by atoms with E-state index in [1.54, 1.807) is 7.11 Å². The molecule has 0 bridgehead atoms. The van der Waals surface area contributed by atoms with Gasteiger partial charge >= 0.3 is 0 Å². The van der Waals surface area contributed by atoms with Crippen LogP contribution in [0.1, 0.15) is 11.3 Å². The summed E-state index contributed by atoms with van der Waals surface area (Å²) in [5.41, 5.74) is 3.28. The van der Waals surface area contributed by atoms with Crippen molar-refractivity contribution in [1.29, 1.82) is 0 Å². The summed E-state index contributed by atoms with van der Waals surface area (Å²) in [6.45, 7) is 1.92. The fraction of sp³-hybridized carbons (Fsp3) is 0.333. The van der Waals surface area contributed by atoms with E-state index in [9.17, 15) is 0 Å². The normalized spacial score (nSPS) is 14.6. The van der Waals surface area contributed by atoms with Crippen LogP contribution >= 0.6 is 0 Å². The molecule has 1 aromatic heterocycles. The van der Waals surface area contributed by atoms with E-state index >= 15 is 0 Å². The Kier molecular flexibility index (Phi) is 3.42. The van der Waals surface area contributed by atoms with Gasteiger partial charge in [-0.2, -0.15) is 4.98 Å². The van der Waals surface area contributed by atoms with Crippen LogP contribution in [0.2, 0.25) is 0 Å². The highest BCUT2D eigenvalue weighted by Crippen LogP contribution is 2.25. The third-order valence-electron chi connectivity index (χ3n) is 3.37. The van der Waals surface area contributed by atoms with Gasteiger partial charge in [0.25, 0.3) is 0 Å². The van der Waals surface area contributed by atoms with Gasteiger partial charge in [-0.1, -0.05) is 30.3 Å². The van der Waals surface area contributed by atoms with Gasteiger partial charge in [-0.05, 0) is 13.0 Å². The molecule has 0 saturated carbocycles. The lowest BCUT2D eigenvalue weighted by Crippen LogP contribution is -2.16. The number of fused-ring (bicyclic) bond motifs is 1. The summed E-state index contributed by atoms with van der Waals surface area (Å²) >= 11 is 0. The molecule has 0 amide bonds. The van der Waals surface area contributed by atoms with Crippen molar-refractivity contribution < 1.29 is 4.74 Å². The lowest BCUT2D eigenvalue weighted by molar-refractivity contribution is 0.391. The minimum Gasteiger partial charge on any atom is -0.481 e. The number of hydrogen-bond acceptors (Lipinski definition) is 4. The van der Waals surface area contributed by atoms with Crippen LogP contribution in [0.4, 0.5) is 0 Å². The largest absolute Gasteiger partial charge is 0.481 e. The Morgan fingerprint density at radius 3 is 2.63 bits per heavy atom. The van der Waals surface area contributed by atoms with Crippen molar-refractivity contribution in [3.63, 3.8) is 0 Å². The summed E-state index contributed by atoms with van der Waals surface area (Å²) in [4.78, 5) is 9.28. The predicted molar refractivity (Wildman–Crippen MR) is 74.3 cm³/mol. The Morgan fingerprint density at radius 1 is 1.05 bits per heavy atom. The van der Waals surface area contributed by atoms with Crippen molar-refractivity contribution in [2.24, 2.45) is 0 Å². The van der Waals surface area contributed by atoms with Crippen LogP contribution in [0.5, 0.6) is 5.88 Å². The number of ether oxygens (including phenoxy) is 1. The molecule has 3 rings (SSSR count). The summed E-state index contributed by atoms with van der Waals surface area (Å²) in [6, 6.07) is 10.0. The van der Waals surface area contributed by atoms with Gasteiger partial charge in [-0.3, -0.25) is 0 Å². The Balaban J connectivity index is 2.10. The van der Waals surface area contributed by atoms with Crippen LogP contribution in [-0.2, 0) is 12.8 Å². The highest BCUT2D eigenvalue weighted by Gasteiger charge is 2.17. The number of methoxy groups -OCH3 is 1. The number of rotatable bonds is 2. The standard InChI is InChI=1S/C15H17N3O/c1-19-15-12-7-9-16-10-8-13(12)17-14(18-15)11-5-3-2-4-6-11/h2-6,16H,7-10H2,1H3. The molecule has 4 nitrogen and oxygen atoms in total. The van der Waals surface area contributed by atoms with E-state index in [0.29, 0.717) is 5.88 Å².